The van der Waals surface area contributed by atoms with E-state index in [1.807, 2.05) is 0 Å². The highest BCUT2D eigenvalue weighted by atomic mass is 127. The molecular formula is C10H14IN3O. The van der Waals surface area contributed by atoms with Gasteiger partial charge in [-0.3, -0.25) is 0 Å². The van der Waals surface area contributed by atoms with Crippen molar-refractivity contribution in [2.75, 3.05) is 18.0 Å². The molecule has 1 N–H and O–H groups in total. The molecule has 1 aliphatic heterocycles. The van der Waals surface area contributed by atoms with E-state index in [9.17, 15) is 5.11 Å². The van der Waals surface area contributed by atoms with E-state index in [0.29, 0.717) is 13.1 Å². The third-order valence-corrected chi connectivity index (χ3v) is 3.39. The molecule has 2 rings (SSSR count). The van der Waals surface area contributed by atoms with E-state index < -0.39 is 5.60 Å². The van der Waals surface area contributed by atoms with Gasteiger partial charge in [0, 0.05) is 6.20 Å². The van der Waals surface area contributed by atoms with Crippen LogP contribution in [0.1, 0.15) is 19.8 Å². The summed E-state index contributed by atoms with van der Waals surface area (Å²) in [5, 5.41) is 10.0. The summed E-state index contributed by atoms with van der Waals surface area (Å²) >= 11 is 2.22. The molecule has 1 saturated heterocycles. The van der Waals surface area contributed by atoms with Gasteiger partial charge in [-0.05, 0) is 29.0 Å². The van der Waals surface area contributed by atoms with E-state index in [4.69, 9.17) is 0 Å². The maximum Gasteiger partial charge on any atom is 0.145 e. The largest absolute Gasteiger partial charge is 0.386 e. The van der Waals surface area contributed by atoms with Gasteiger partial charge in [0.15, 0.2) is 0 Å². The fourth-order valence-electron chi connectivity index (χ4n) is 1.98. The molecule has 1 aliphatic rings. The van der Waals surface area contributed by atoms with Crippen LogP contribution >= 0.6 is 22.6 Å². The van der Waals surface area contributed by atoms with Crippen LogP contribution in [0.25, 0.3) is 0 Å². The lowest BCUT2D eigenvalue weighted by Crippen LogP contribution is -2.62. The zero-order valence-corrected chi connectivity index (χ0v) is 10.8. The minimum Gasteiger partial charge on any atom is -0.386 e. The molecule has 1 aromatic heterocycles. The Morgan fingerprint density at radius 1 is 1.60 bits per heavy atom. The first kappa shape index (κ1) is 11.1. The van der Waals surface area contributed by atoms with Crippen molar-refractivity contribution in [3.8, 4) is 0 Å². The van der Waals surface area contributed by atoms with Crippen molar-refractivity contribution < 1.29 is 5.11 Å². The van der Waals surface area contributed by atoms with Crippen LogP contribution in [0.5, 0.6) is 0 Å². The fourth-order valence-corrected chi connectivity index (χ4v) is 2.62. The first-order valence-corrected chi connectivity index (χ1v) is 6.15. The minimum absolute atomic E-state index is 0.497. The topological polar surface area (TPSA) is 49.2 Å². The van der Waals surface area contributed by atoms with Crippen molar-refractivity contribution in [3.05, 3.63) is 16.1 Å². The molecule has 1 aromatic rings. The Kier molecular flexibility index (Phi) is 3.11. The van der Waals surface area contributed by atoms with Gasteiger partial charge >= 0.3 is 0 Å². The van der Waals surface area contributed by atoms with Gasteiger partial charge in [0.05, 0.1) is 22.3 Å². The van der Waals surface area contributed by atoms with Crippen LogP contribution < -0.4 is 4.90 Å². The highest BCUT2D eigenvalue weighted by Gasteiger charge is 2.41. The van der Waals surface area contributed by atoms with Crippen molar-refractivity contribution in [2.24, 2.45) is 0 Å². The van der Waals surface area contributed by atoms with E-state index in [0.717, 1.165) is 22.2 Å². The molecule has 5 heteroatoms. The normalized spacial score (nSPS) is 18.7. The third-order valence-electron chi connectivity index (χ3n) is 2.63. The van der Waals surface area contributed by atoms with E-state index in [1.54, 1.807) is 12.5 Å². The number of aromatic nitrogens is 2. The average Bonchev–Trinajstić information content (AvgIpc) is 2.15. The molecule has 1 fully saturated rings. The van der Waals surface area contributed by atoms with E-state index in [1.165, 1.54) is 0 Å². The Morgan fingerprint density at radius 3 is 2.93 bits per heavy atom. The number of hydrogen-bond acceptors (Lipinski definition) is 4. The Hall–Kier alpha value is -0.430. The van der Waals surface area contributed by atoms with Gasteiger partial charge in [0.25, 0.3) is 0 Å². The standard InChI is InChI=1S/C10H14IN3O/c1-2-3-10(15)5-14(6-10)9-8(11)4-12-7-13-9/h4,7,15H,2-3,5-6H2,1H3. The summed E-state index contributed by atoms with van der Waals surface area (Å²) in [7, 11) is 0. The molecule has 0 atom stereocenters. The maximum absolute atomic E-state index is 10.0. The summed E-state index contributed by atoms with van der Waals surface area (Å²) in [4.78, 5) is 10.3. The van der Waals surface area contributed by atoms with Crippen LogP contribution in [0.3, 0.4) is 0 Å². The van der Waals surface area contributed by atoms with E-state index in [-0.39, 0.29) is 0 Å². The molecule has 15 heavy (non-hydrogen) atoms. The van der Waals surface area contributed by atoms with Crippen LogP contribution in [0, 0.1) is 3.57 Å². The number of anilines is 1. The number of hydrogen-bond donors (Lipinski definition) is 1. The summed E-state index contributed by atoms with van der Waals surface area (Å²) in [6.07, 6.45) is 5.23. The minimum atomic E-state index is -0.497. The molecule has 0 bridgehead atoms. The first-order valence-electron chi connectivity index (χ1n) is 5.07. The lowest BCUT2D eigenvalue weighted by atomic mass is 9.89. The van der Waals surface area contributed by atoms with Crippen LogP contribution in [0.2, 0.25) is 0 Å². The molecule has 0 unspecified atom stereocenters. The van der Waals surface area contributed by atoms with Crippen molar-refractivity contribution >= 4 is 28.4 Å². The smallest absolute Gasteiger partial charge is 0.145 e. The van der Waals surface area contributed by atoms with Gasteiger partial charge in [-0.15, -0.1) is 0 Å². The van der Waals surface area contributed by atoms with Crippen molar-refractivity contribution in [1.82, 2.24) is 9.97 Å². The summed E-state index contributed by atoms with van der Waals surface area (Å²) in [6.45, 7) is 3.47. The maximum atomic E-state index is 10.0. The summed E-state index contributed by atoms with van der Waals surface area (Å²) in [5.74, 6) is 0.936. The van der Waals surface area contributed by atoms with Crippen molar-refractivity contribution in [3.63, 3.8) is 0 Å². The summed E-state index contributed by atoms with van der Waals surface area (Å²) in [5.41, 5.74) is -0.497. The van der Waals surface area contributed by atoms with Crippen LogP contribution in [0.4, 0.5) is 5.82 Å². The molecule has 4 nitrogen and oxygen atoms in total. The number of nitrogens with zero attached hydrogens (tertiary/aromatic N) is 3. The Balaban J connectivity index is 2.03. The van der Waals surface area contributed by atoms with E-state index in [2.05, 4.69) is 44.4 Å². The zero-order valence-electron chi connectivity index (χ0n) is 8.65. The molecule has 2 heterocycles. The second kappa shape index (κ2) is 4.21. The molecule has 0 aliphatic carbocycles. The van der Waals surface area contributed by atoms with Crippen molar-refractivity contribution in [1.29, 1.82) is 0 Å². The first-order chi connectivity index (χ1) is 7.14. The number of β-amino-alcohol motifs (C(OH)–C–C–N with tert-alkyl or cyclic N) is 1. The van der Waals surface area contributed by atoms with Crippen LogP contribution in [-0.2, 0) is 0 Å². The molecule has 0 amide bonds. The molecule has 0 spiro atoms. The van der Waals surface area contributed by atoms with Crippen molar-refractivity contribution in [2.45, 2.75) is 25.4 Å². The van der Waals surface area contributed by atoms with E-state index >= 15 is 0 Å². The van der Waals surface area contributed by atoms with Gasteiger partial charge < -0.3 is 10.0 Å². The third kappa shape index (κ3) is 2.23. The van der Waals surface area contributed by atoms with Gasteiger partial charge in [-0.2, -0.15) is 0 Å². The number of rotatable bonds is 3. The highest BCUT2D eigenvalue weighted by Crippen LogP contribution is 2.31. The number of aliphatic hydroxyl groups is 1. The van der Waals surface area contributed by atoms with Gasteiger partial charge in [-0.25, -0.2) is 9.97 Å². The second-order valence-corrected chi connectivity index (χ2v) is 5.19. The SMILES string of the molecule is CCCC1(O)CN(c2ncncc2I)C1. The molecule has 0 saturated carbocycles. The summed E-state index contributed by atoms with van der Waals surface area (Å²) in [6, 6.07) is 0. The van der Waals surface area contributed by atoms with Gasteiger partial charge in [-0.1, -0.05) is 13.3 Å². The predicted octanol–water partition coefficient (Wildman–Crippen LogP) is 1.43. The highest BCUT2D eigenvalue weighted by molar-refractivity contribution is 14.1. The fraction of sp³-hybridized carbons (Fsp3) is 0.600. The Labute approximate surface area is 103 Å². The molecule has 82 valence electrons. The van der Waals surface area contributed by atoms with Gasteiger partial charge in [0.2, 0.25) is 0 Å². The van der Waals surface area contributed by atoms with Gasteiger partial charge in [0.1, 0.15) is 12.1 Å². The Morgan fingerprint density at radius 2 is 2.33 bits per heavy atom. The Bertz CT molecular complexity index is 352. The quantitative estimate of drug-likeness (QED) is 0.857. The lowest BCUT2D eigenvalue weighted by molar-refractivity contribution is 0.00284. The average molecular weight is 319 g/mol. The number of halogens is 1. The molecule has 0 radical (unpaired) electrons. The monoisotopic (exact) mass is 319 g/mol. The van der Waals surface area contributed by atoms with Crippen LogP contribution in [0.15, 0.2) is 12.5 Å². The second-order valence-electron chi connectivity index (χ2n) is 4.02. The zero-order chi connectivity index (χ0) is 10.9. The lowest BCUT2D eigenvalue weighted by Gasteiger charge is -2.47. The van der Waals surface area contributed by atoms with Crippen LogP contribution in [-0.4, -0.2) is 33.8 Å². The molecule has 0 aromatic carbocycles. The predicted molar refractivity (Wildman–Crippen MR) is 66.8 cm³/mol. The molecular weight excluding hydrogens is 305 g/mol. The summed E-state index contributed by atoms with van der Waals surface area (Å²) < 4.78 is 1.04.